The Morgan fingerprint density at radius 3 is 2.27 bits per heavy atom. The van der Waals surface area contributed by atoms with Crippen molar-refractivity contribution in [2.24, 2.45) is 5.10 Å². The smallest absolute Gasteiger partial charge is 0.269 e. The van der Waals surface area contributed by atoms with Gasteiger partial charge >= 0.3 is 17.6 Å². The summed E-state index contributed by atoms with van der Waals surface area (Å²) in [5.41, 5.74) is 2.28. The summed E-state index contributed by atoms with van der Waals surface area (Å²) in [6.45, 7) is 1.86. The van der Waals surface area contributed by atoms with Gasteiger partial charge < -0.3 is 0 Å². The zero-order valence-corrected chi connectivity index (χ0v) is 12.5. The molecule has 0 radical (unpaired) electrons. The van der Waals surface area contributed by atoms with E-state index in [0.717, 1.165) is 11.4 Å². The minimum atomic E-state index is -0.0890. The zero-order valence-electron chi connectivity index (χ0n) is 12.5. The van der Waals surface area contributed by atoms with Crippen LogP contribution in [0.1, 0.15) is 17.3 Å². The topological polar surface area (TPSA) is 35.9 Å². The summed E-state index contributed by atoms with van der Waals surface area (Å²) in [4.78, 5) is 14.2. The molecule has 4 nitrogen and oxygen atoms in total. The number of para-hydroxylation sites is 1. The van der Waals surface area contributed by atoms with E-state index in [4.69, 9.17) is 0 Å². The third-order valence-corrected chi connectivity index (χ3v) is 3.39. The second-order valence-corrected chi connectivity index (χ2v) is 5.01. The summed E-state index contributed by atoms with van der Waals surface area (Å²) in [6.07, 6.45) is 3.15. The normalized spacial score (nSPS) is 13.3. The summed E-state index contributed by atoms with van der Waals surface area (Å²) < 4.78 is 0. The Hall–Kier alpha value is -2.97. The van der Waals surface area contributed by atoms with Gasteiger partial charge in [0.25, 0.3) is 5.91 Å². The molecule has 2 aromatic rings. The van der Waals surface area contributed by atoms with Crippen LogP contribution < -0.4 is 5.01 Å². The fourth-order valence-electron chi connectivity index (χ4n) is 2.28. The number of hydrazone groups is 1. The molecule has 1 aliphatic rings. The number of nitrogens with zero attached hydrogens (tertiary/aromatic N) is 3. The third kappa shape index (κ3) is 2.60. The second-order valence-electron chi connectivity index (χ2n) is 5.01. The molecular weight excluding hydrogens is 274 g/mol. The van der Waals surface area contributed by atoms with E-state index in [-0.39, 0.29) is 5.91 Å². The lowest BCUT2D eigenvalue weighted by Crippen LogP contribution is -2.33. The van der Waals surface area contributed by atoms with Gasteiger partial charge in [0.05, 0.1) is 5.69 Å². The fourth-order valence-corrected chi connectivity index (χ4v) is 2.28. The van der Waals surface area contributed by atoms with Crippen molar-refractivity contribution in [1.82, 2.24) is 4.90 Å². The SMILES string of the molecule is CC1=NN(c2ccccc2)C(N(C)C(=O)c2ccccc2)=[C+]1. The molecule has 0 fully saturated rings. The third-order valence-electron chi connectivity index (χ3n) is 3.39. The molecule has 3 rings (SSSR count). The highest BCUT2D eigenvalue weighted by Gasteiger charge is 2.37. The van der Waals surface area contributed by atoms with Crippen LogP contribution in [0.25, 0.3) is 0 Å². The lowest BCUT2D eigenvalue weighted by atomic mass is 10.2. The van der Waals surface area contributed by atoms with Gasteiger partial charge in [-0.25, -0.2) is 4.90 Å². The number of hydrogen-bond donors (Lipinski definition) is 0. The van der Waals surface area contributed by atoms with E-state index < -0.39 is 0 Å². The minimum Gasteiger partial charge on any atom is -0.269 e. The average Bonchev–Trinajstić information content (AvgIpc) is 2.97. The summed E-state index contributed by atoms with van der Waals surface area (Å²) in [5.74, 6) is 0.534. The predicted octanol–water partition coefficient (Wildman–Crippen LogP) is 3.30. The van der Waals surface area contributed by atoms with Gasteiger partial charge in [0.2, 0.25) is 0 Å². The van der Waals surface area contributed by atoms with E-state index in [2.05, 4.69) is 11.2 Å². The number of carbonyl (C=O) groups excluding carboxylic acids is 1. The molecule has 4 heteroatoms. The van der Waals surface area contributed by atoms with E-state index >= 15 is 0 Å². The molecule has 1 amide bonds. The van der Waals surface area contributed by atoms with Crippen molar-refractivity contribution < 1.29 is 4.79 Å². The van der Waals surface area contributed by atoms with Crippen molar-refractivity contribution >= 4 is 17.3 Å². The number of carbonyl (C=O) groups is 1. The van der Waals surface area contributed by atoms with Crippen molar-refractivity contribution in [2.75, 3.05) is 12.1 Å². The first-order chi connectivity index (χ1) is 10.7. The predicted molar refractivity (Wildman–Crippen MR) is 87.3 cm³/mol. The van der Waals surface area contributed by atoms with Gasteiger partial charge in [0, 0.05) is 19.5 Å². The lowest BCUT2D eigenvalue weighted by Gasteiger charge is -2.19. The molecule has 108 valence electrons. The minimum absolute atomic E-state index is 0.0890. The molecule has 1 aliphatic heterocycles. The van der Waals surface area contributed by atoms with Gasteiger partial charge in [-0.3, -0.25) is 4.79 Å². The monoisotopic (exact) mass is 290 g/mol. The van der Waals surface area contributed by atoms with Gasteiger partial charge in [-0.2, -0.15) is 5.01 Å². The van der Waals surface area contributed by atoms with E-state index in [0.29, 0.717) is 11.4 Å². The lowest BCUT2D eigenvalue weighted by molar-refractivity contribution is 0.0833. The van der Waals surface area contributed by atoms with E-state index in [9.17, 15) is 4.79 Å². The van der Waals surface area contributed by atoms with Crippen molar-refractivity contribution in [3.8, 4) is 0 Å². The Morgan fingerprint density at radius 2 is 1.64 bits per heavy atom. The summed E-state index contributed by atoms with van der Waals surface area (Å²) in [7, 11) is 1.74. The van der Waals surface area contributed by atoms with Crippen molar-refractivity contribution in [3.63, 3.8) is 0 Å². The van der Waals surface area contributed by atoms with Crippen LogP contribution in [0.4, 0.5) is 5.69 Å². The van der Waals surface area contributed by atoms with Crippen LogP contribution in [0.3, 0.4) is 0 Å². The number of benzene rings is 2. The average molecular weight is 290 g/mol. The molecular formula is C18H16N3O+. The van der Waals surface area contributed by atoms with Gasteiger partial charge in [0.15, 0.2) is 0 Å². The van der Waals surface area contributed by atoms with Gasteiger partial charge in [0.1, 0.15) is 0 Å². The summed E-state index contributed by atoms with van der Waals surface area (Å²) in [5, 5.41) is 6.18. The summed E-state index contributed by atoms with van der Waals surface area (Å²) in [6, 6.07) is 18.9. The maximum Gasteiger partial charge on any atom is 0.395 e. The maximum atomic E-state index is 12.6. The first-order valence-corrected chi connectivity index (χ1v) is 7.04. The number of hydrogen-bond acceptors (Lipinski definition) is 3. The van der Waals surface area contributed by atoms with E-state index in [1.165, 1.54) is 0 Å². The Balaban J connectivity index is 1.90. The molecule has 0 atom stereocenters. The standard InChI is InChI=1S/C18H16N3O/c1-14-13-17(21(19-14)16-11-7-4-8-12-16)20(2)18(22)15-9-5-3-6-10-15/h3-12H,1-2H3/q+1. The molecule has 22 heavy (non-hydrogen) atoms. The van der Waals surface area contributed by atoms with Crippen LogP contribution in [0.2, 0.25) is 0 Å². The molecule has 0 aliphatic carbocycles. The van der Waals surface area contributed by atoms with Gasteiger partial charge in [-0.15, -0.1) is 5.10 Å². The van der Waals surface area contributed by atoms with Gasteiger partial charge in [-0.05, 0) is 24.3 Å². The quantitative estimate of drug-likeness (QED) is 0.813. The largest absolute Gasteiger partial charge is 0.395 e. The molecule has 0 aromatic heterocycles. The van der Waals surface area contributed by atoms with Crippen molar-refractivity contribution in [2.45, 2.75) is 6.92 Å². The summed E-state index contributed by atoms with van der Waals surface area (Å²) >= 11 is 0. The highest BCUT2D eigenvalue weighted by Crippen LogP contribution is 2.25. The molecule has 0 unspecified atom stereocenters. The molecule has 0 saturated heterocycles. The molecule has 0 saturated carbocycles. The fraction of sp³-hybridized carbons (Fsp3) is 0.111. The van der Waals surface area contributed by atoms with Crippen LogP contribution in [0, 0.1) is 6.08 Å². The molecule has 2 aromatic carbocycles. The van der Waals surface area contributed by atoms with Crippen LogP contribution in [-0.4, -0.2) is 23.6 Å². The van der Waals surface area contributed by atoms with Crippen LogP contribution in [-0.2, 0) is 0 Å². The van der Waals surface area contributed by atoms with Crippen molar-refractivity contribution in [3.05, 3.63) is 78.1 Å². The molecule has 0 N–H and O–H groups in total. The number of anilines is 1. The Kier molecular flexibility index (Phi) is 3.69. The highest BCUT2D eigenvalue weighted by atomic mass is 16.2. The van der Waals surface area contributed by atoms with Crippen LogP contribution in [0.5, 0.6) is 0 Å². The first-order valence-electron chi connectivity index (χ1n) is 7.04. The van der Waals surface area contributed by atoms with Crippen LogP contribution in [0.15, 0.2) is 71.6 Å². The maximum absolute atomic E-state index is 12.6. The number of rotatable bonds is 3. The second kappa shape index (κ2) is 5.80. The Bertz CT molecular complexity index is 735. The molecule has 0 bridgehead atoms. The van der Waals surface area contributed by atoms with Crippen molar-refractivity contribution in [1.29, 1.82) is 0 Å². The molecule has 0 spiro atoms. The Morgan fingerprint density at radius 1 is 1.05 bits per heavy atom. The van der Waals surface area contributed by atoms with E-state index in [1.807, 2.05) is 55.5 Å². The van der Waals surface area contributed by atoms with Crippen LogP contribution >= 0.6 is 0 Å². The van der Waals surface area contributed by atoms with Gasteiger partial charge in [-0.1, -0.05) is 36.4 Å². The van der Waals surface area contributed by atoms with E-state index in [1.54, 1.807) is 29.1 Å². The number of amides is 1. The molecule has 1 heterocycles. The highest BCUT2D eigenvalue weighted by molar-refractivity contribution is 5.98. The first kappa shape index (κ1) is 14.0. The number of allylic oxidation sites excluding steroid dienone is 1. The zero-order chi connectivity index (χ0) is 15.5. The Labute approximate surface area is 130 Å².